The van der Waals surface area contributed by atoms with Gasteiger partial charge in [-0.2, -0.15) is 0 Å². The Morgan fingerprint density at radius 2 is 2.00 bits per heavy atom. The third-order valence-corrected chi connectivity index (χ3v) is 5.65. The van der Waals surface area contributed by atoms with Gasteiger partial charge in [0.2, 0.25) is 12.3 Å². The summed E-state index contributed by atoms with van der Waals surface area (Å²) in [6.07, 6.45) is 0.720. The third-order valence-electron chi connectivity index (χ3n) is 5.25. The second-order valence-electron chi connectivity index (χ2n) is 7.46. The third kappa shape index (κ3) is 5.11. The van der Waals surface area contributed by atoms with E-state index in [1.165, 1.54) is 6.39 Å². The number of hydrogen-bond acceptors (Lipinski definition) is 7. The Morgan fingerprint density at radius 1 is 1.17 bits per heavy atom. The maximum Gasteiger partial charge on any atom is 0.247 e. The number of anilines is 1. The van der Waals surface area contributed by atoms with Gasteiger partial charge in [-0.3, -0.25) is 4.90 Å². The number of nitrogens with zero attached hydrogens (tertiary/aromatic N) is 4. The van der Waals surface area contributed by atoms with Crippen molar-refractivity contribution in [1.82, 2.24) is 15.1 Å². The molecule has 0 amide bonds. The molecule has 3 aromatic rings. The van der Waals surface area contributed by atoms with E-state index in [1.54, 1.807) is 0 Å². The van der Waals surface area contributed by atoms with Gasteiger partial charge in [0.1, 0.15) is 18.5 Å². The summed E-state index contributed by atoms with van der Waals surface area (Å²) in [7, 11) is 0. The lowest BCUT2D eigenvalue weighted by molar-refractivity contribution is 0.0663. The molecule has 2 heterocycles. The molecule has 0 aliphatic carbocycles. The van der Waals surface area contributed by atoms with Crippen molar-refractivity contribution in [3.63, 3.8) is 0 Å². The zero-order valence-corrected chi connectivity index (χ0v) is 17.6. The molecule has 7 nitrogen and oxygen atoms in total. The average molecular weight is 429 g/mol. The van der Waals surface area contributed by atoms with Gasteiger partial charge in [0.15, 0.2) is 0 Å². The van der Waals surface area contributed by atoms with Crippen molar-refractivity contribution in [2.75, 3.05) is 44.2 Å². The summed E-state index contributed by atoms with van der Waals surface area (Å²) >= 11 is 6.26. The van der Waals surface area contributed by atoms with Gasteiger partial charge in [-0.1, -0.05) is 23.7 Å². The summed E-state index contributed by atoms with van der Waals surface area (Å²) in [5.41, 5.74) is 3.02. The lowest BCUT2D eigenvalue weighted by Crippen LogP contribution is -2.49. The van der Waals surface area contributed by atoms with Gasteiger partial charge >= 0.3 is 0 Å². The number of β-amino-alcohol motifs (C(OH)–C–C–N with tert-alkyl or cyclic N) is 1. The predicted octanol–water partition coefficient (Wildman–Crippen LogP) is 3.26. The zero-order chi connectivity index (χ0) is 20.9. The standard InChI is InChI=1S/C22H25ClN4O3/c1-16-5-6-18(12-21(16)23)27-9-7-26(8-10-27)13-19(28)14-29-20-4-2-3-17(11-20)22-25-24-15-30-22/h2-6,11-12,15,19,28H,7-10,13-14H2,1H3/t19-/m0/s1. The van der Waals surface area contributed by atoms with E-state index in [2.05, 4.69) is 32.1 Å². The summed E-state index contributed by atoms with van der Waals surface area (Å²) < 4.78 is 11.0. The second-order valence-corrected chi connectivity index (χ2v) is 7.86. The first-order valence-corrected chi connectivity index (χ1v) is 10.4. The molecule has 1 atom stereocenters. The van der Waals surface area contributed by atoms with Crippen molar-refractivity contribution < 1.29 is 14.3 Å². The Hall–Kier alpha value is -2.61. The highest BCUT2D eigenvalue weighted by atomic mass is 35.5. The summed E-state index contributed by atoms with van der Waals surface area (Å²) in [4.78, 5) is 4.59. The number of benzene rings is 2. The van der Waals surface area contributed by atoms with Crippen LogP contribution in [0.25, 0.3) is 11.5 Å². The molecule has 0 bridgehead atoms. The highest BCUT2D eigenvalue weighted by Gasteiger charge is 2.20. The van der Waals surface area contributed by atoms with Gasteiger partial charge in [-0.25, -0.2) is 0 Å². The number of halogens is 1. The maximum absolute atomic E-state index is 10.4. The number of ether oxygens (including phenoxy) is 1. The quantitative estimate of drug-likeness (QED) is 0.619. The Kier molecular flexibility index (Phi) is 6.52. The monoisotopic (exact) mass is 428 g/mol. The molecule has 1 fully saturated rings. The van der Waals surface area contributed by atoms with Crippen molar-refractivity contribution in [2.45, 2.75) is 13.0 Å². The van der Waals surface area contributed by atoms with Gasteiger partial charge in [0, 0.05) is 49.0 Å². The van der Waals surface area contributed by atoms with E-state index < -0.39 is 6.10 Å². The number of piperazine rings is 1. The number of aromatic nitrogens is 2. The summed E-state index contributed by atoms with van der Waals surface area (Å²) in [6.45, 7) is 6.38. The molecule has 1 N–H and O–H groups in total. The number of aliphatic hydroxyl groups is 1. The maximum atomic E-state index is 10.4. The largest absolute Gasteiger partial charge is 0.491 e. The van der Waals surface area contributed by atoms with Gasteiger partial charge in [-0.05, 0) is 42.8 Å². The van der Waals surface area contributed by atoms with E-state index in [0.717, 1.165) is 48.0 Å². The fourth-order valence-corrected chi connectivity index (χ4v) is 3.70. The van der Waals surface area contributed by atoms with E-state index in [4.69, 9.17) is 20.8 Å². The van der Waals surface area contributed by atoms with Crippen LogP contribution >= 0.6 is 11.6 Å². The average Bonchev–Trinajstić information content (AvgIpc) is 3.30. The van der Waals surface area contributed by atoms with Gasteiger partial charge < -0.3 is 19.2 Å². The second kappa shape index (κ2) is 9.47. The molecule has 1 aromatic heterocycles. The SMILES string of the molecule is Cc1ccc(N2CCN(C[C@H](O)COc3cccc(-c4nnco4)c3)CC2)cc1Cl. The Morgan fingerprint density at radius 3 is 2.73 bits per heavy atom. The minimum atomic E-state index is -0.572. The van der Waals surface area contributed by atoms with Crippen molar-refractivity contribution >= 4 is 17.3 Å². The van der Waals surface area contributed by atoms with Crippen LogP contribution in [0.4, 0.5) is 5.69 Å². The molecule has 2 aromatic carbocycles. The molecule has 0 unspecified atom stereocenters. The summed E-state index contributed by atoms with van der Waals surface area (Å²) in [5.74, 6) is 1.10. The van der Waals surface area contributed by atoms with E-state index in [0.29, 0.717) is 18.2 Å². The molecule has 1 aliphatic rings. The fourth-order valence-electron chi connectivity index (χ4n) is 3.53. The molecule has 0 saturated carbocycles. The lowest BCUT2D eigenvalue weighted by atomic mass is 10.2. The number of hydrogen-bond donors (Lipinski definition) is 1. The van der Waals surface area contributed by atoms with Crippen molar-refractivity contribution in [2.24, 2.45) is 0 Å². The van der Waals surface area contributed by atoms with Crippen molar-refractivity contribution in [1.29, 1.82) is 0 Å². The Labute approximate surface area is 180 Å². The van der Waals surface area contributed by atoms with Crippen LogP contribution in [-0.2, 0) is 0 Å². The highest BCUT2D eigenvalue weighted by Crippen LogP contribution is 2.24. The molecule has 1 aliphatic heterocycles. The molecular weight excluding hydrogens is 404 g/mol. The normalized spacial score (nSPS) is 15.9. The topological polar surface area (TPSA) is 74.9 Å². The fraction of sp³-hybridized carbons (Fsp3) is 0.364. The lowest BCUT2D eigenvalue weighted by Gasteiger charge is -2.37. The summed E-state index contributed by atoms with van der Waals surface area (Å²) in [5, 5.41) is 18.8. The van der Waals surface area contributed by atoms with Gasteiger partial charge in [0.05, 0.1) is 0 Å². The van der Waals surface area contributed by atoms with Crippen LogP contribution in [0.2, 0.25) is 5.02 Å². The first kappa shape index (κ1) is 20.7. The van der Waals surface area contributed by atoms with Crippen LogP contribution in [0.3, 0.4) is 0 Å². The molecule has 4 rings (SSSR count). The van der Waals surface area contributed by atoms with Crippen LogP contribution in [0, 0.1) is 6.92 Å². The van der Waals surface area contributed by atoms with Crippen molar-refractivity contribution in [3.8, 4) is 17.2 Å². The highest BCUT2D eigenvalue weighted by molar-refractivity contribution is 6.31. The van der Waals surface area contributed by atoms with Gasteiger partial charge in [-0.15, -0.1) is 10.2 Å². The molecular formula is C22H25ClN4O3. The predicted molar refractivity (Wildman–Crippen MR) is 116 cm³/mol. The number of aliphatic hydroxyl groups excluding tert-OH is 1. The molecule has 0 spiro atoms. The number of aryl methyl sites for hydroxylation is 1. The van der Waals surface area contributed by atoms with Crippen LogP contribution < -0.4 is 9.64 Å². The first-order chi connectivity index (χ1) is 14.6. The zero-order valence-electron chi connectivity index (χ0n) is 16.9. The molecule has 8 heteroatoms. The van der Waals surface area contributed by atoms with Crippen LogP contribution in [-0.4, -0.2) is 65.6 Å². The Bertz CT molecular complexity index is 959. The number of rotatable bonds is 7. The van der Waals surface area contributed by atoms with Crippen LogP contribution in [0.5, 0.6) is 5.75 Å². The van der Waals surface area contributed by atoms with E-state index in [9.17, 15) is 5.11 Å². The molecule has 0 radical (unpaired) electrons. The van der Waals surface area contributed by atoms with E-state index in [-0.39, 0.29) is 6.61 Å². The minimum Gasteiger partial charge on any atom is -0.491 e. The smallest absolute Gasteiger partial charge is 0.247 e. The minimum absolute atomic E-state index is 0.223. The van der Waals surface area contributed by atoms with E-state index in [1.807, 2.05) is 37.3 Å². The van der Waals surface area contributed by atoms with Crippen LogP contribution in [0.15, 0.2) is 53.3 Å². The Balaban J connectivity index is 1.24. The molecule has 158 valence electrons. The summed E-state index contributed by atoms with van der Waals surface area (Å²) in [6, 6.07) is 13.6. The van der Waals surface area contributed by atoms with E-state index >= 15 is 0 Å². The van der Waals surface area contributed by atoms with Crippen LogP contribution in [0.1, 0.15) is 5.56 Å². The first-order valence-electron chi connectivity index (χ1n) is 9.99. The van der Waals surface area contributed by atoms with Crippen molar-refractivity contribution in [3.05, 3.63) is 59.4 Å². The molecule has 1 saturated heterocycles. The van der Waals surface area contributed by atoms with Gasteiger partial charge in [0.25, 0.3) is 0 Å². The molecule has 30 heavy (non-hydrogen) atoms.